The van der Waals surface area contributed by atoms with E-state index in [1.165, 1.54) is 11.3 Å². The molecule has 0 fully saturated rings. The quantitative estimate of drug-likeness (QED) is 0.789. The lowest BCUT2D eigenvalue weighted by molar-refractivity contribution is 0.0985. The number of thiophene rings is 1. The molecule has 0 bridgehead atoms. The Hall–Kier alpha value is -1.39. The molecule has 0 atom stereocenters. The van der Waals surface area contributed by atoms with Crippen molar-refractivity contribution in [1.82, 2.24) is 0 Å². The van der Waals surface area contributed by atoms with Crippen LogP contribution < -0.4 is 4.74 Å². The molecule has 1 aromatic heterocycles. The van der Waals surface area contributed by atoms with Gasteiger partial charge in [-0.15, -0.1) is 11.3 Å². The number of aryl methyl sites for hydroxylation is 1. The summed E-state index contributed by atoms with van der Waals surface area (Å²) in [6.07, 6.45) is 2.97. The van der Waals surface area contributed by atoms with E-state index in [-0.39, 0.29) is 12.4 Å². The van der Waals surface area contributed by atoms with E-state index < -0.39 is 0 Å². The summed E-state index contributed by atoms with van der Waals surface area (Å²) in [6.45, 7) is 2.19. The van der Waals surface area contributed by atoms with Crippen molar-refractivity contribution in [2.24, 2.45) is 0 Å². The Morgan fingerprint density at radius 3 is 2.80 bits per heavy atom. The monoisotopic (exact) mass is 292 g/mol. The van der Waals surface area contributed by atoms with Gasteiger partial charge in [-0.05, 0) is 48.4 Å². The van der Waals surface area contributed by atoms with Crippen LogP contribution in [0.25, 0.3) is 10.1 Å². The second-order valence-electron chi connectivity index (χ2n) is 4.81. The van der Waals surface area contributed by atoms with Gasteiger partial charge < -0.3 is 9.84 Å². The molecule has 2 aromatic rings. The zero-order chi connectivity index (χ0) is 14.5. The van der Waals surface area contributed by atoms with Gasteiger partial charge in [0, 0.05) is 17.7 Å². The molecule has 1 heterocycles. The Morgan fingerprint density at radius 1 is 1.35 bits per heavy atom. The van der Waals surface area contributed by atoms with Crippen LogP contribution in [0.5, 0.6) is 5.75 Å². The van der Waals surface area contributed by atoms with Crippen LogP contribution in [0, 0.1) is 0 Å². The average molecular weight is 292 g/mol. The Bertz CT molecular complexity index is 601. The van der Waals surface area contributed by atoms with Crippen LogP contribution in [-0.2, 0) is 6.42 Å². The molecule has 0 spiro atoms. The summed E-state index contributed by atoms with van der Waals surface area (Å²) in [5.41, 5.74) is 1.08. The largest absolute Gasteiger partial charge is 0.496 e. The van der Waals surface area contributed by atoms with Gasteiger partial charge in [0.05, 0.1) is 12.0 Å². The summed E-state index contributed by atoms with van der Waals surface area (Å²) in [6, 6.07) is 6.04. The molecular formula is C16H20O3S. The van der Waals surface area contributed by atoms with Crippen molar-refractivity contribution in [2.75, 3.05) is 13.7 Å². The van der Waals surface area contributed by atoms with Crippen molar-refractivity contribution < 1.29 is 14.6 Å². The molecular weight excluding hydrogens is 272 g/mol. The zero-order valence-electron chi connectivity index (χ0n) is 11.9. The lowest BCUT2D eigenvalue weighted by atomic mass is 10.1. The number of benzene rings is 1. The summed E-state index contributed by atoms with van der Waals surface area (Å²) in [7, 11) is 1.65. The maximum atomic E-state index is 12.0. The first-order valence-electron chi connectivity index (χ1n) is 6.94. The fourth-order valence-corrected chi connectivity index (χ4v) is 3.30. The minimum atomic E-state index is 0.172. The highest BCUT2D eigenvalue weighted by molar-refractivity contribution is 7.20. The van der Waals surface area contributed by atoms with Gasteiger partial charge in [0.25, 0.3) is 0 Å². The summed E-state index contributed by atoms with van der Waals surface area (Å²) in [5.74, 6) is 1.05. The van der Waals surface area contributed by atoms with Crippen molar-refractivity contribution in [2.45, 2.75) is 32.6 Å². The molecule has 0 aliphatic rings. The maximum absolute atomic E-state index is 12.0. The van der Waals surface area contributed by atoms with Crippen molar-refractivity contribution in [3.63, 3.8) is 0 Å². The van der Waals surface area contributed by atoms with E-state index in [9.17, 15) is 4.79 Å². The third kappa shape index (κ3) is 3.19. The number of hydrogen-bond acceptors (Lipinski definition) is 4. The molecule has 0 aliphatic heterocycles. The molecule has 1 N–H and O–H groups in total. The van der Waals surface area contributed by atoms with Crippen LogP contribution in [-0.4, -0.2) is 24.6 Å². The minimum Gasteiger partial charge on any atom is -0.496 e. The van der Waals surface area contributed by atoms with Crippen molar-refractivity contribution >= 4 is 27.2 Å². The van der Waals surface area contributed by atoms with E-state index in [0.717, 1.165) is 39.1 Å². The van der Waals surface area contributed by atoms with E-state index in [2.05, 4.69) is 6.07 Å². The standard InChI is InChI=1S/C16H20O3S/c1-3-5-13(18)16-9-12-8-11(6-4-7-17)14(19-2)10-15(12)20-16/h8-10,17H,3-7H2,1-2H3. The smallest absolute Gasteiger partial charge is 0.172 e. The van der Waals surface area contributed by atoms with Crippen LogP contribution >= 0.6 is 11.3 Å². The molecule has 0 aliphatic carbocycles. The van der Waals surface area contributed by atoms with E-state index in [4.69, 9.17) is 9.84 Å². The van der Waals surface area contributed by atoms with Crippen molar-refractivity contribution in [3.05, 3.63) is 28.6 Å². The lowest BCUT2D eigenvalue weighted by Gasteiger charge is -2.07. The molecule has 0 saturated heterocycles. The van der Waals surface area contributed by atoms with Gasteiger partial charge in [-0.2, -0.15) is 0 Å². The number of hydrogen-bond donors (Lipinski definition) is 1. The average Bonchev–Trinajstić information content (AvgIpc) is 2.87. The highest BCUT2D eigenvalue weighted by Crippen LogP contribution is 2.33. The van der Waals surface area contributed by atoms with Crippen LogP contribution in [0.1, 0.15) is 41.4 Å². The van der Waals surface area contributed by atoms with Crippen LogP contribution in [0.3, 0.4) is 0 Å². The molecule has 108 valence electrons. The number of carbonyl (C=O) groups is 1. The highest BCUT2D eigenvalue weighted by Gasteiger charge is 2.12. The van der Waals surface area contributed by atoms with Gasteiger partial charge >= 0.3 is 0 Å². The molecule has 0 unspecified atom stereocenters. The molecule has 0 radical (unpaired) electrons. The zero-order valence-corrected chi connectivity index (χ0v) is 12.8. The molecule has 20 heavy (non-hydrogen) atoms. The van der Waals surface area contributed by atoms with Gasteiger partial charge in [-0.25, -0.2) is 0 Å². The molecule has 0 amide bonds. The molecule has 2 rings (SSSR count). The minimum absolute atomic E-state index is 0.172. The predicted octanol–water partition coefficient (Wildman–Crippen LogP) is 3.82. The fraction of sp³-hybridized carbons (Fsp3) is 0.438. The second kappa shape index (κ2) is 6.86. The van der Waals surface area contributed by atoms with Gasteiger partial charge in [0.2, 0.25) is 0 Å². The fourth-order valence-electron chi connectivity index (χ4n) is 2.26. The first kappa shape index (κ1) is 15.0. The summed E-state index contributed by atoms with van der Waals surface area (Å²) in [5, 5.41) is 10.0. The number of aliphatic hydroxyl groups is 1. The summed E-state index contributed by atoms with van der Waals surface area (Å²) < 4.78 is 6.49. The Balaban J connectivity index is 2.38. The van der Waals surface area contributed by atoms with Gasteiger partial charge in [0.15, 0.2) is 5.78 Å². The maximum Gasteiger partial charge on any atom is 0.172 e. The van der Waals surface area contributed by atoms with E-state index in [1.807, 2.05) is 19.1 Å². The number of rotatable bonds is 7. The number of methoxy groups -OCH3 is 1. The molecule has 3 nitrogen and oxygen atoms in total. The SMILES string of the molecule is CCCC(=O)c1cc2cc(CCCO)c(OC)cc2s1. The number of carbonyl (C=O) groups excluding carboxylic acids is 1. The first-order chi connectivity index (χ1) is 9.69. The van der Waals surface area contributed by atoms with E-state index in [0.29, 0.717) is 12.8 Å². The number of Topliss-reactive ketones (excluding diaryl/α,β-unsaturated/α-hetero) is 1. The lowest BCUT2D eigenvalue weighted by Crippen LogP contribution is -1.94. The Labute approximate surface area is 123 Å². The van der Waals surface area contributed by atoms with Crippen LogP contribution in [0.4, 0.5) is 0 Å². The van der Waals surface area contributed by atoms with Crippen molar-refractivity contribution in [1.29, 1.82) is 0 Å². The van der Waals surface area contributed by atoms with Crippen LogP contribution in [0.15, 0.2) is 18.2 Å². The molecule has 0 saturated carbocycles. The second-order valence-corrected chi connectivity index (χ2v) is 5.90. The number of ether oxygens (including phenoxy) is 1. The Morgan fingerprint density at radius 2 is 2.15 bits per heavy atom. The molecule has 1 aromatic carbocycles. The number of aliphatic hydroxyl groups excluding tert-OH is 1. The third-order valence-electron chi connectivity index (χ3n) is 3.28. The molecule has 4 heteroatoms. The van der Waals surface area contributed by atoms with E-state index >= 15 is 0 Å². The Kier molecular flexibility index (Phi) is 5.15. The normalized spacial score (nSPS) is 10.9. The first-order valence-corrected chi connectivity index (χ1v) is 7.75. The van der Waals surface area contributed by atoms with Crippen LogP contribution in [0.2, 0.25) is 0 Å². The van der Waals surface area contributed by atoms with Gasteiger partial charge in [-0.1, -0.05) is 6.92 Å². The highest BCUT2D eigenvalue weighted by atomic mass is 32.1. The number of ketones is 1. The van der Waals surface area contributed by atoms with Crippen molar-refractivity contribution in [3.8, 4) is 5.75 Å². The predicted molar refractivity (Wildman–Crippen MR) is 83.0 cm³/mol. The number of fused-ring (bicyclic) bond motifs is 1. The summed E-state index contributed by atoms with van der Waals surface area (Å²) in [4.78, 5) is 12.8. The summed E-state index contributed by atoms with van der Waals surface area (Å²) >= 11 is 1.53. The van der Waals surface area contributed by atoms with E-state index in [1.54, 1.807) is 7.11 Å². The topological polar surface area (TPSA) is 46.5 Å². The van der Waals surface area contributed by atoms with Gasteiger partial charge in [-0.3, -0.25) is 4.79 Å². The van der Waals surface area contributed by atoms with Gasteiger partial charge in [0.1, 0.15) is 5.75 Å². The third-order valence-corrected chi connectivity index (χ3v) is 4.41.